The lowest BCUT2D eigenvalue weighted by Crippen LogP contribution is -2.12. The van der Waals surface area contributed by atoms with Gasteiger partial charge in [-0.15, -0.1) is 10.2 Å². The molecular weight excluding hydrogens is 377 g/mol. The number of hydrogen-bond acceptors (Lipinski definition) is 8. The van der Waals surface area contributed by atoms with Gasteiger partial charge in [0.15, 0.2) is 5.16 Å². The summed E-state index contributed by atoms with van der Waals surface area (Å²) in [4.78, 5) is 14.3. The summed E-state index contributed by atoms with van der Waals surface area (Å²) >= 11 is 0.939. The second-order valence-corrected chi connectivity index (χ2v) is 5.91. The molecule has 2 heterocycles. The maximum Gasteiger partial charge on any atom is 0.451 e. The SMILES string of the molecule is Cn1c(SCc2nc(-c3cccc([N+](=O)[O-])c3)no2)nnc1C(F)(F)F. The number of hydrogen-bond donors (Lipinski definition) is 0. The summed E-state index contributed by atoms with van der Waals surface area (Å²) in [5.74, 6) is -0.778. The number of alkyl halides is 3. The molecule has 2 aromatic heterocycles. The Balaban J connectivity index is 1.73. The smallest absolute Gasteiger partial charge is 0.338 e. The van der Waals surface area contributed by atoms with Gasteiger partial charge in [-0.2, -0.15) is 18.2 Å². The third kappa shape index (κ3) is 3.66. The van der Waals surface area contributed by atoms with Crippen LogP contribution in [0.15, 0.2) is 33.9 Å². The fourth-order valence-electron chi connectivity index (χ4n) is 2.00. The van der Waals surface area contributed by atoms with Gasteiger partial charge in [-0.25, -0.2) is 0 Å². The van der Waals surface area contributed by atoms with E-state index in [-0.39, 0.29) is 28.3 Å². The first-order valence-electron chi connectivity index (χ1n) is 6.92. The summed E-state index contributed by atoms with van der Waals surface area (Å²) < 4.78 is 43.9. The Morgan fingerprint density at radius 3 is 2.77 bits per heavy atom. The highest BCUT2D eigenvalue weighted by Gasteiger charge is 2.37. The maximum absolute atomic E-state index is 12.7. The molecule has 0 bridgehead atoms. The Labute approximate surface area is 147 Å². The number of aromatic nitrogens is 5. The van der Waals surface area contributed by atoms with Crippen molar-refractivity contribution in [1.29, 1.82) is 0 Å². The number of nitro groups is 1. The molecular formula is C13H9F3N6O3S. The van der Waals surface area contributed by atoms with E-state index in [2.05, 4.69) is 20.3 Å². The van der Waals surface area contributed by atoms with E-state index in [9.17, 15) is 23.3 Å². The number of rotatable bonds is 5. The molecule has 0 spiro atoms. The summed E-state index contributed by atoms with van der Waals surface area (Å²) in [6, 6.07) is 5.68. The van der Waals surface area contributed by atoms with Crippen molar-refractivity contribution >= 4 is 17.4 Å². The molecule has 136 valence electrons. The number of nitrogens with zero attached hydrogens (tertiary/aromatic N) is 6. The van der Waals surface area contributed by atoms with E-state index in [4.69, 9.17) is 4.52 Å². The van der Waals surface area contributed by atoms with Gasteiger partial charge in [0.25, 0.3) is 5.69 Å². The zero-order chi connectivity index (χ0) is 18.9. The topological polar surface area (TPSA) is 113 Å². The number of benzene rings is 1. The van der Waals surface area contributed by atoms with Gasteiger partial charge in [-0.3, -0.25) is 10.1 Å². The molecule has 0 saturated carbocycles. The minimum Gasteiger partial charge on any atom is -0.338 e. The van der Waals surface area contributed by atoms with Crippen LogP contribution >= 0.6 is 11.8 Å². The third-order valence-corrected chi connectivity index (χ3v) is 4.20. The fourth-order valence-corrected chi connectivity index (χ4v) is 2.75. The zero-order valence-corrected chi connectivity index (χ0v) is 13.8. The van der Waals surface area contributed by atoms with Gasteiger partial charge < -0.3 is 9.09 Å². The third-order valence-electron chi connectivity index (χ3n) is 3.20. The van der Waals surface area contributed by atoms with Gasteiger partial charge in [0, 0.05) is 24.7 Å². The second kappa shape index (κ2) is 6.74. The molecule has 0 atom stereocenters. The second-order valence-electron chi connectivity index (χ2n) is 4.97. The number of non-ortho nitro benzene ring substituents is 1. The van der Waals surface area contributed by atoms with Crippen LogP contribution in [0.5, 0.6) is 0 Å². The van der Waals surface area contributed by atoms with Gasteiger partial charge in [0.05, 0.1) is 10.7 Å². The van der Waals surface area contributed by atoms with Crippen LogP contribution in [0.2, 0.25) is 0 Å². The highest BCUT2D eigenvalue weighted by atomic mass is 32.2. The van der Waals surface area contributed by atoms with E-state index in [1.165, 1.54) is 25.2 Å². The predicted molar refractivity (Wildman–Crippen MR) is 82.0 cm³/mol. The van der Waals surface area contributed by atoms with Gasteiger partial charge in [0.1, 0.15) is 0 Å². The van der Waals surface area contributed by atoms with E-state index in [0.29, 0.717) is 5.56 Å². The molecule has 9 nitrogen and oxygen atoms in total. The van der Waals surface area contributed by atoms with E-state index in [0.717, 1.165) is 16.3 Å². The quantitative estimate of drug-likeness (QED) is 0.373. The molecule has 0 radical (unpaired) electrons. The van der Waals surface area contributed by atoms with Crippen LogP contribution < -0.4 is 0 Å². The molecule has 0 unspecified atom stereocenters. The Morgan fingerprint density at radius 2 is 2.12 bits per heavy atom. The minimum absolute atomic E-state index is 0.0347. The lowest BCUT2D eigenvalue weighted by atomic mass is 10.2. The molecule has 0 saturated heterocycles. The van der Waals surface area contributed by atoms with Crippen LogP contribution in [-0.2, 0) is 19.0 Å². The van der Waals surface area contributed by atoms with Crippen LogP contribution in [0, 0.1) is 10.1 Å². The molecule has 3 rings (SSSR count). The van der Waals surface area contributed by atoms with Crippen molar-refractivity contribution in [2.45, 2.75) is 17.1 Å². The van der Waals surface area contributed by atoms with Crippen LogP contribution in [0.25, 0.3) is 11.4 Å². The van der Waals surface area contributed by atoms with Crippen molar-refractivity contribution in [2.24, 2.45) is 7.05 Å². The number of thioether (sulfide) groups is 1. The van der Waals surface area contributed by atoms with E-state index < -0.39 is 16.9 Å². The van der Waals surface area contributed by atoms with Crippen LogP contribution in [0.4, 0.5) is 18.9 Å². The molecule has 0 N–H and O–H groups in total. The average Bonchev–Trinajstić information content (AvgIpc) is 3.19. The van der Waals surface area contributed by atoms with Gasteiger partial charge >= 0.3 is 6.18 Å². The number of halogens is 3. The lowest BCUT2D eigenvalue weighted by Gasteiger charge is -2.05. The first-order valence-corrected chi connectivity index (χ1v) is 7.91. The Morgan fingerprint density at radius 1 is 1.35 bits per heavy atom. The molecule has 0 aliphatic heterocycles. The predicted octanol–water partition coefficient (Wildman–Crippen LogP) is 3.08. The Hall–Kier alpha value is -2.96. The zero-order valence-electron chi connectivity index (χ0n) is 13.0. The van der Waals surface area contributed by atoms with Gasteiger partial charge in [0.2, 0.25) is 17.5 Å². The summed E-state index contributed by atoms with van der Waals surface area (Å²) in [6.45, 7) is 0. The molecule has 13 heteroatoms. The van der Waals surface area contributed by atoms with Crippen LogP contribution in [0.1, 0.15) is 11.7 Å². The maximum atomic E-state index is 12.7. The van der Waals surface area contributed by atoms with Crippen molar-refractivity contribution in [3.05, 3.63) is 46.1 Å². The number of nitro benzene ring substituents is 1. The molecule has 0 aliphatic carbocycles. The first kappa shape index (κ1) is 17.8. The van der Waals surface area contributed by atoms with E-state index >= 15 is 0 Å². The normalized spacial score (nSPS) is 11.7. The highest BCUT2D eigenvalue weighted by Crippen LogP contribution is 2.30. The summed E-state index contributed by atoms with van der Waals surface area (Å²) in [5, 5.41) is 21.2. The molecule has 26 heavy (non-hydrogen) atoms. The largest absolute Gasteiger partial charge is 0.451 e. The summed E-state index contributed by atoms with van der Waals surface area (Å²) in [7, 11) is 1.20. The highest BCUT2D eigenvalue weighted by molar-refractivity contribution is 7.98. The van der Waals surface area contributed by atoms with E-state index in [1.54, 1.807) is 6.07 Å². The standard InChI is InChI=1S/C13H9F3N6O3S/c1-21-11(13(14,15)16)18-19-12(21)26-6-9-17-10(20-25-9)7-3-2-4-8(5-7)22(23)24/h2-5H,6H2,1H3. The molecule has 0 fully saturated rings. The lowest BCUT2D eigenvalue weighted by molar-refractivity contribution is -0.384. The fraction of sp³-hybridized carbons (Fsp3) is 0.231. The Bertz CT molecular complexity index is 955. The monoisotopic (exact) mass is 386 g/mol. The van der Waals surface area contributed by atoms with Crippen LogP contribution in [0.3, 0.4) is 0 Å². The summed E-state index contributed by atoms with van der Waals surface area (Å²) in [5.41, 5.74) is 0.263. The Kier molecular flexibility index (Phi) is 4.63. The van der Waals surface area contributed by atoms with Crippen LogP contribution in [-0.4, -0.2) is 29.8 Å². The van der Waals surface area contributed by atoms with Gasteiger partial charge in [-0.05, 0) is 0 Å². The van der Waals surface area contributed by atoms with Crippen molar-refractivity contribution in [2.75, 3.05) is 0 Å². The molecule has 1 aromatic carbocycles. The molecule has 3 aromatic rings. The van der Waals surface area contributed by atoms with Crippen molar-refractivity contribution in [3.8, 4) is 11.4 Å². The first-order chi connectivity index (χ1) is 12.3. The van der Waals surface area contributed by atoms with Gasteiger partial charge in [-0.1, -0.05) is 29.1 Å². The van der Waals surface area contributed by atoms with Crippen molar-refractivity contribution in [1.82, 2.24) is 24.9 Å². The van der Waals surface area contributed by atoms with Crippen molar-refractivity contribution in [3.63, 3.8) is 0 Å². The molecule has 0 aliphatic rings. The summed E-state index contributed by atoms with van der Waals surface area (Å²) in [6.07, 6.45) is -4.60. The van der Waals surface area contributed by atoms with E-state index in [1.807, 2.05) is 0 Å². The minimum atomic E-state index is -4.60. The average molecular weight is 386 g/mol. The van der Waals surface area contributed by atoms with Crippen molar-refractivity contribution < 1.29 is 22.6 Å². The molecule has 0 amide bonds.